The summed E-state index contributed by atoms with van der Waals surface area (Å²) in [4.78, 5) is 7.10. The number of hydrogen-bond acceptors (Lipinski definition) is 4. The van der Waals surface area contributed by atoms with E-state index < -0.39 is 0 Å². The Balaban J connectivity index is 0.00000392. The minimum atomic E-state index is -0.266. The van der Waals surface area contributed by atoms with Crippen LogP contribution in [0.5, 0.6) is 5.75 Å². The van der Waals surface area contributed by atoms with E-state index in [-0.39, 0.29) is 35.9 Å². The Morgan fingerprint density at radius 1 is 1.32 bits per heavy atom. The molecule has 2 rings (SSSR count). The molecule has 160 valence electrons. The Bertz CT molecular complexity index is 574. The van der Waals surface area contributed by atoms with Crippen molar-refractivity contribution < 1.29 is 13.9 Å². The van der Waals surface area contributed by atoms with E-state index >= 15 is 0 Å². The molecule has 1 aromatic rings. The molecule has 0 radical (unpaired) electrons. The van der Waals surface area contributed by atoms with Crippen LogP contribution in [-0.4, -0.2) is 69.4 Å². The molecule has 28 heavy (non-hydrogen) atoms. The van der Waals surface area contributed by atoms with E-state index in [1.54, 1.807) is 19.2 Å². The largest absolute Gasteiger partial charge is 0.489 e. The van der Waals surface area contributed by atoms with Gasteiger partial charge in [0.2, 0.25) is 0 Å². The molecule has 2 atom stereocenters. The summed E-state index contributed by atoms with van der Waals surface area (Å²) < 4.78 is 24.0. The number of hydrogen-bond donors (Lipinski definition) is 2. The molecular formula is C20H34FIN4O2. The number of nitrogens with one attached hydrogen (secondary N) is 2. The number of halogens is 2. The fourth-order valence-corrected chi connectivity index (χ4v) is 3.19. The van der Waals surface area contributed by atoms with Gasteiger partial charge in [-0.3, -0.25) is 4.90 Å². The van der Waals surface area contributed by atoms with E-state index in [4.69, 9.17) is 9.47 Å². The van der Waals surface area contributed by atoms with Gasteiger partial charge in [-0.1, -0.05) is 0 Å². The van der Waals surface area contributed by atoms with Gasteiger partial charge < -0.3 is 20.1 Å². The second-order valence-electron chi connectivity index (χ2n) is 6.81. The summed E-state index contributed by atoms with van der Waals surface area (Å²) in [6, 6.07) is 6.57. The van der Waals surface area contributed by atoms with Crippen LogP contribution in [-0.2, 0) is 4.74 Å². The molecule has 8 heteroatoms. The van der Waals surface area contributed by atoms with Crippen LogP contribution in [0.1, 0.15) is 26.7 Å². The molecule has 0 amide bonds. The highest BCUT2D eigenvalue weighted by atomic mass is 127. The van der Waals surface area contributed by atoms with E-state index in [2.05, 4.69) is 27.4 Å². The summed E-state index contributed by atoms with van der Waals surface area (Å²) in [6.45, 7) is 9.06. The van der Waals surface area contributed by atoms with Gasteiger partial charge in [-0.25, -0.2) is 9.38 Å². The van der Waals surface area contributed by atoms with Crippen molar-refractivity contribution in [1.82, 2.24) is 15.5 Å². The number of methoxy groups -OCH3 is 1. The first-order chi connectivity index (χ1) is 13.1. The highest BCUT2D eigenvalue weighted by molar-refractivity contribution is 14.0. The first kappa shape index (κ1) is 24.9. The monoisotopic (exact) mass is 508 g/mol. The normalized spacial score (nSPS) is 18.4. The number of likely N-dealkylation sites (tertiary alicyclic amines) is 1. The first-order valence-corrected chi connectivity index (χ1v) is 9.79. The van der Waals surface area contributed by atoms with E-state index in [0.717, 1.165) is 38.7 Å². The quantitative estimate of drug-likeness (QED) is 0.289. The number of benzene rings is 1. The number of nitrogens with zero attached hydrogens (tertiary/aromatic N) is 2. The van der Waals surface area contributed by atoms with Crippen molar-refractivity contribution in [1.29, 1.82) is 0 Å². The fourth-order valence-electron chi connectivity index (χ4n) is 3.19. The molecule has 0 saturated carbocycles. The summed E-state index contributed by atoms with van der Waals surface area (Å²) in [5, 5.41) is 6.73. The maximum Gasteiger partial charge on any atom is 0.191 e. The van der Waals surface area contributed by atoms with Gasteiger partial charge in [0.1, 0.15) is 17.7 Å². The van der Waals surface area contributed by atoms with Crippen LogP contribution in [0.4, 0.5) is 4.39 Å². The van der Waals surface area contributed by atoms with Crippen molar-refractivity contribution in [2.24, 2.45) is 4.99 Å². The molecule has 1 fully saturated rings. The molecule has 0 spiro atoms. The summed E-state index contributed by atoms with van der Waals surface area (Å²) in [6.07, 6.45) is 2.32. The highest BCUT2D eigenvalue weighted by Gasteiger charge is 2.23. The van der Waals surface area contributed by atoms with Gasteiger partial charge in [0.05, 0.1) is 13.2 Å². The second-order valence-corrected chi connectivity index (χ2v) is 6.81. The summed E-state index contributed by atoms with van der Waals surface area (Å²) >= 11 is 0. The number of aliphatic imine (C=N–C) groups is 1. The molecule has 1 aliphatic rings. The van der Waals surface area contributed by atoms with Crippen LogP contribution in [0.2, 0.25) is 0 Å². The lowest BCUT2D eigenvalue weighted by Gasteiger charge is -2.25. The Morgan fingerprint density at radius 2 is 2.07 bits per heavy atom. The van der Waals surface area contributed by atoms with Crippen LogP contribution in [0.15, 0.2) is 29.3 Å². The van der Waals surface area contributed by atoms with E-state index in [1.165, 1.54) is 25.0 Å². The van der Waals surface area contributed by atoms with Gasteiger partial charge in [-0.05, 0) is 57.5 Å². The molecule has 6 nitrogen and oxygen atoms in total. The molecule has 0 bridgehead atoms. The fraction of sp³-hybridized carbons (Fsp3) is 0.650. The third kappa shape index (κ3) is 8.91. The van der Waals surface area contributed by atoms with Crippen LogP contribution in [0, 0.1) is 5.82 Å². The SMILES string of the molecule is CCNC(=NCC(C)Oc1ccc(F)cc1)NCC1CCCN1CCOC.I. The average Bonchev–Trinajstić information content (AvgIpc) is 3.11. The van der Waals surface area contributed by atoms with Crippen LogP contribution >= 0.6 is 24.0 Å². The molecule has 1 aliphatic heterocycles. The lowest BCUT2D eigenvalue weighted by molar-refractivity contribution is 0.141. The lowest BCUT2D eigenvalue weighted by Crippen LogP contribution is -2.45. The Morgan fingerprint density at radius 3 is 2.75 bits per heavy atom. The molecular weight excluding hydrogens is 474 g/mol. The van der Waals surface area contributed by atoms with Crippen LogP contribution in [0.25, 0.3) is 0 Å². The summed E-state index contributed by atoms with van der Waals surface area (Å²) in [5.41, 5.74) is 0. The van der Waals surface area contributed by atoms with E-state index in [0.29, 0.717) is 18.3 Å². The van der Waals surface area contributed by atoms with Crippen molar-refractivity contribution in [3.8, 4) is 5.75 Å². The minimum absolute atomic E-state index is 0. The molecule has 0 aromatic heterocycles. The zero-order valence-corrected chi connectivity index (χ0v) is 19.4. The predicted octanol–water partition coefficient (Wildman–Crippen LogP) is 2.88. The van der Waals surface area contributed by atoms with Crippen molar-refractivity contribution in [3.05, 3.63) is 30.1 Å². The third-order valence-electron chi connectivity index (χ3n) is 4.59. The Hall–Kier alpha value is -1.13. The maximum absolute atomic E-state index is 13.0. The highest BCUT2D eigenvalue weighted by Crippen LogP contribution is 2.16. The summed E-state index contributed by atoms with van der Waals surface area (Å²) in [5.74, 6) is 1.18. The first-order valence-electron chi connectivity index (χ1n) is 9.79. The van der Waals surface area contributed by atoms with Gasteiger partial charge in [0.15, 0.2) is 5.96 Å². The summed E-state index contributed by atoms with van der Waals surface area (Å²) in [7, 11) is 1.74. The third-order valence-corrected chi connectivity index (χ3v) is 4.59. The second kappa shape index (κ2) is 13.9. The lowest BCUT2D eigenvalue weighted by atomic mass is 10.2. The molecule has 0 aliphatic carbocycles. The van der Waals surface area contributed by atoms with E-state index in [1.807, 2.05) is 6.92 Å². The smallest absolute Gasteiger partial charge is 0.191 e. The topological polar surface area (TPSA) is 58.1 Å². The number of ether oxygens (including phenoxy) is 2. The van der Waals surface area contributed by atoms with E-state index in [9.17, 15) is 4.39 Å². The zero-order chi connectivity index (χ0) is 19.5. The number of guanidine groups is 1. The van der Waals surface area contributed by atoms with Gasteiger partial charge in [-0.2, -0.15) is 0 Å². The van der Waals surface area contributed by atoms with Crippen LogP contribution < -0.4 is 15.4 Å². The van der Waals surface area contributed by atoms with Crippen molar-refractivity contribution >= 4 is 29.9 Å². The van der Waals surface area contributed by atoms with Crippen LogP contribution in [0.3, 0.4) is 0 Å². The minimum Gasteiger partial charge on any atom is -0.489 e. The Kier molecular flexibility index (Phi) is 12.4. The van der Waals surface area contributed by atoms with Crippen molar-refractivity contribution in [3.63, 3.8) is 0 Å². The van der Waals surface area contributed by atoms with Gasteiger partial charge in [0.25, 0.3) is 0 Å². The van der Waals surface area contributed by atoms with Crippen molar-refractivity contribution in [2.45, 2.75) is 38.8 Å². The molecule has 1 saturated heterocycles. The average molecular weight is 508 g/mol. The van der Waals surface area contributed by atoms with Gasteiger partial charge >= 0.3 is 0 Å². The predicted molar refractivity (Wildman–Crippen MR) is 122 cm³/mol. The number of rotatable bonds is 10. The van der Waals surface area contributed by atoms with Gasteiger partial charge in [0, 0.05) is 32.8 Å². The molecule has 2 unspecified atom stereocenters. The molecule has 1 heterocycles. The molecule has 2 N–H and O–H groups in total. The van der Waals surface area contributed by atoms with Crippen molar-refractivity contribution in [2.75, 3.05) is 46.4 Å². The maximum atomic E-state index is 13.0. The Labute approximate surface area is 185 Å². The zero-order valence-electron chi connectivity index (χ0n) is 17.1. The molecule has 1 aromatic carbocycles. The van der Waals surface area contributed by atoms with Gasteiger partial charge in [-0.15, -0.1) is 24.0 Å². The standard InChI is InChI=1S/C20H33FN4O2.HI/c1-4-22-20(24-15-18-6-5-11-25(18)12-13-26-3)23-14-16(2)27-19-9-7-17(21)8-10-19;/h7-10,16,18H,4-6,11-15H2,1-3H3,(H2,22,23,24);1H.